The number of benzene rings is 3. The van der Waals surface area contributed by atoms with E-state index in [4.69, 9.17) is 0 Å². The smallest absolute Gasteiger partial charge is 0.236 e. The third-order valence-corrected chi connectivity index (χ3v) is 6.31. The van der Waals surface area contributed by atoms with Crippen LogP contribution < -0.4 is 10.2 Å². The second-order valence-corrected chi connectivity index (χ2v) is 8.65. The molecule has 1 saturated heterocycles. The molecule has 4 aromatic rings. The Bertz CT molecular complexity index is 1160. The van der Waals surface area contributed by atoms with Crippen LogP contribution in [-0.4, -0.2) is 29.2 Å². The Kier molecular flexibility index (Phi) is 6.61. The van der Waals surface area contributed by atoms with Crippen molar-refractivity contribution in [2.24, 2.45) is 0 Å². The van der Waals surface area contributed by atoms with Gasteiger partial charge in [0, 0.05) is 24.3 Å². The van der Waals surface area contributed by atoms with Gasteiger partial charge in [0.15, 0.2) is 5.82 Å². The van der Waals surface area contributed by atoms with E-state index in [1.165, 1.54) is 19.3 Å². The normalized spacial score (nSPS) is 13.6. The van der Waals surface area contributed by atoms with Gasteiger partial charge in [-0.05, 0) is 54.7 Å². The number of hydrogen-bond donors (Lipinski definition) is 1. The second-order valence-electron chi connectivity index (χ2n) is 8.65. The van der Waals surface area contributed by atoms with Crippen LogP contribution in [0.2, 0.25) is 0 Å². The highest BCUT2D eigenvalue weighted by Gasteiger charge is 2.22. The van der Waals surface area contributed by atoms with E-state index in [0.717, 1.165) is 47.0 Å². The largest absolute Gasteiger partial charge is 0.355 e. The molecular weight excluding hydrogens is 420 g/mol. The predicted octanol–water partition coefficient (Wildman–Crippen LogP) is 5.90. The summed E-state index contributed by atoms with van der Waals surface area (Å²) in [5.74, 6) is 0.506. The number of aromatic nitrogens is 2. The van der Waals surface area contributed by atoms with Gasteiger partial charge >= 0.3 is 0 Å². The van der Waals surface area contributed by atoms with Crippen molar-refractivity contribution in [1.82, 2.24) is 10.2 Å². The van der Waals surface area contributed by atoms with E-state index < -0.39 is 0 Å². The van der Waals surface area contributed by atoms with Gasteiger partial charge in [0.05, 0.1) is 11.6 Å². The first-order chi connectivity index (χ1) is 16.8. The lowest BCUT2D eigenvalue weighted by molar-refractivity contribution is -0.116. The average molecular weight is 449 g/mol. The maximum absolute atomic E-state index is 13.3. The van der Waals surface area contributed by atoms with Crippen LogP contribution in [0.1, 0.15) is 36.3 Å². The lowest BCUT2D eigenvalue weighted by Crippen LogP contribution is -2.30. The molecule has 0 bridgehead atoms. The van der Waals surface area contributed by atoms with Crippen molar-refractivity contribution in [3.05, 3.63) is 108 Å². The van der Waals surface area contributed by atoms with Gasteiger partial charge in [-0.2, -0.15) is 0 Å². The zero-order chi connectivity index (χ0) is 23.2. The molecule has 3 aromatic carbocycles. The monoisotopic (exact) mass is 448 g/mol. The molecule has 0 radical (unpaired) electrons. The molecular formula is C29H28N4O. The summed E-state index contributed by atoms with van der Waals surface area (Å²) in [6.45, 7) is 2.10. The fourth-order valence-electron chi connectivity index (χ4n) is 4.50. The standard InChI is InChI=1S/C29H28N4O/c34-29(28(23-10-4-1-5-11-23)24-12-6-2-7-13-24)30-25-16-14-22(15-17-25)26-18-19-27(32-31-26)33-20-8-3-9-21-33/h1-2,4-7,10-19,28H,3,8-9,20-21H2,(H,30,34). The minimum Gasteiger partial charge on any atom is -0.355 e. The maximum Gasteiger partial charge on any atom is 0.236 e. The number of rotatable bonds is 6. The van der Waals surface area contributed by atoms with Crippen LogP contribution in [0.5, 0.6) is 0 Å². The number of nitrogens with zero attached hydrogens (tertiary/aromatic N) is 3. The van der Waals surface area contributed by atoms with Gasteiger partial charge in [0.25, 0.3) is 0 Å². The minimum atomic E-state index is -0.379. The highest BCUT2D eigenvalue weighted by molar-refractivity contribution is 5.98. The van der Waals surface area contributed by atoms with Crippen molar-refractivity contribution in [1.29, 1.82) is 0 Å². The molecule has 2 heterocycles. The summed E-state index contributed by atoms with van der Waals surface area (Å²) >= 11 is 0. The zero-order valence-electron chi connectivity index (χ0n) is 19.1. The molecule has 5 nitrogen and oxygen atoms in total. The van der Waals surface area contributed by atoms with Gasteiger partial charge in [0.1, 0.15) is 0 Å². The highest BCUT2D eigenvalue weighted by Crippen LogP contribution is 2.27. The molecule has 1 fully saturated rings. The van der Waals surface area contributed by atoms with Crippen molar-refractivity contribution in [3.63, 3.8) is 0 Å². The fraction of sp³-hybridized carbons (Fsp3) is 0.207. The first kappa shape index (κ1) is 21.8. The Morgan fingerprint density at radius 2 is 1.32 bits per heavy atom. The summed E-state index contributed by atoms with van der Waals surface area (Å²) in [6.07, 6.45) is 3.72. The van der Waals surface area contributed by atoms with Crippen molar-refractivity contribution in [2.45, 2.75) is 25.2 Å². The molecule has 1 amide bonds. The van der Waals surface area contributed by atoms with Crippen LogP contribution in [0.3, 0.4) is 0 Å². The van der Waals surface area contributed by atoms with Crippen molar-refractivity contribution >= 4 is 17.4 Å². The molecule has 1 aliphatic heterocycles. The Labute approximate surface area is 200 Å². The third kappa shape index (κ3) is 4.99. The summed E-state index contributed by atoms with van der Waals surface area (Å²) < 4.78 is 0. The summed E-state index contributed by atoms with van der Waals surface area (Å²) in [7, 11) is 0. The van der Waals surface area contributed by atoms with Gasteiger partial charge in [-0.15, -0.1) is 10.2 Å². The van der Waals surface area contributed by atoms with Crippen LogP contribution in [0.25, 0.3) is 11.3 Å². The van der Waals surface area contributed by atoms with Gasteiger partial charge in [-0.25, -0.2) is 0 Å². The third-order valence-electron chi connectivity index (χ3n) is 6.31. The van der Waals surface area contributed by atoms with E-state index in [9.17, 15) is 4.79 Å². The van der Waals surface area contributed by atoms with Gasteiger partial charge in [-0.3, -0.25) is 4.79 Å². The molecule has 34 heavy (non-hydrogen) atoms. The number of hydrogen-bond acceptors (Lipinski definition) is 4. The Balaban J connectivity index is 1.31. The minimum absolute atomic E-state index is 0.0594. The predicted molar refractivity (Wildman–Crippen MR) is 137 cm³/mol. The first-order valence-electron chi connectivity index (χ1n) is 11.9. The van der Waals surface area contributed by atoms with Gasteiger partial charge < -0.3 is 10.2 Å². The second kappa shape index (κ2) is 10.3. The van der Waals surface area contributed by atoms with E-state index in [2.05, 4.69) is 20.4 Å². The van der Waals surface area contributed by atoms with Crippen molar-refractivity contribution in [2.75, 3.05) is 23.3 Å². The molecule has 5 heteroatoms. The summed E-state index contributed by atoms with van der Waals surface area (Å²) in [5.41, 5.74) is 4.48. The Morgan fingerprint density at radius 3 is 1.88 bits per heavy atom. The molecule has 1 N–H and O–H groups in total. The van der Waals surface area contributed by atoms with E-state index in [-0.39, 0.29) is 11.8 Å². The number of anilines is 2. The summed E-state index contributed by atoms with van der Waals surface area (Å²) in [5, 5.41) is 12.0. The lowest BCUT2D eigenvalue weighted by Gasteiger charge is -2.27. The van der Waals surface area contributed by atoms with Crippen LogP contribution in [0, 0.1) is 0 Å². The molecule has 170 valence electrons. The lowest BCUT2D eigenvalue weighted by atomic mass is 9.90. The maximum atomic E-state index is 13.3. The number of piperidine rings is 1. The SMILES string of the molecule is O=C(Nc1ccc(-c2ccc(N3CCCCC3)nn2)cc1)C(c1ccccc1)c1ccccc1. The summed E-state index contributed by atoms with van der Waals surface area (Å²) in [6, 6.07) is 31.6. The average Bonchev–Trinajstić information content (AvgIpc) is 2.91. The van der Waals surface area contributed by atoms with E-state index in [0.29, 0.717) is 0 Å². The molecule has 0 unspecified atom stereocenters. The van der Waals surface area contributed by atoms with Crippen LogP contribution >= 0.6 is 0 Å². The molecule has 0 spiro atoms. The van der Waals surface area contributed by atoms with Crippen LogP contribution in [0.15, 0.2) is 97.1 Å². The molecule has 0 atom stereocenters. The topological polar surface area (TPSA) is 58.1 Å². The van der Waals surface area contributed by atoms with E-state index >= 15 is 0 Å². The Hall–Kier alpha value is -3.99. The zero-order valence-corrected chi connectivity index (χ0v) is 19.1. The Morgan fingerprint density at radius 1 is 0.706 bits per heavy atom. The summed E-state index contributed by atoms with van der Waals surface area (Å²) in [4.78, 5) is 15.6. The van der Waals surface area contributed by atoms with Crippen molar-refractivity contribution < 1.29 is 4.79 Å². The van der Waals surface area contributed by atoms with Gasteiger partial charge in [0.2, 0.25) is 5.91 Å². The quantitative estimate of drug-likeness (QED) is 0.399. The number of amides is 1. The number of carbonyl (C=O) groups is 1. The van der Waals surface area contributed by atoms with E-state index in [1.54, 1.807) is 0 Å². The molecule has 1 aromatic heterocycles. The highest BCUT2D eigenvalue weighted by atomic mass is 16.1. The van der Waals surface area contributed by atoms with Gasteiger partial charge in [-0.1, -0.05) is 72.8 Å². The van der Waals surface area contributed by atoms with Crippen LogP contribution in [0.4, 0.5) is 11.5 Å². The molecule has 5 rings (SSSR count). The van der Waals surface area contributed by atoms with E-state index in [1.807, 2.05) is 97.1 Å². The number of carbonyl (C=O) groups excluding carboxylic acids is 1. The van der Waals surface area contributed by atoms with Crippen molar-refractivity contribution in [3.8, 4) is 11.3 Å². The molecule has 1 aliphatic rings. The number of nitrogens with one attached hydrogen (secondary N) is 1. The first-order valence-corrected chi connectivity index (χ1v) is 11.9. The van der Waals surface area contributed by atoms with Crippen LogP contribution in [-0.2, 0) is 4.79 Å². The fourth-order valence-corrected chi connectivity index (χ4v) is 4.50. The molecule has 0 saturated carbocycles. The molecule has 0 aliphatic carbocycles.